The van der Waals surface area contributed by atoms with Gasteiger partial charge in [-0.05, 0) is 18.1 Å². The zero-order chi connectivity index (χ0) is 25.7. The molecule has 0 saturated heterocycles. The maximum Gasteiger partial charge on any atom is 0.417 e. The first kappa shape index (κ1) is 24.6. The number of aromatic nitrogens is 6. The van der Waals surface area contributed by atoms with Crippen LogP contribution >= 0.6 is 0 Å². The van der Waals surface area contributed by atoms with Crippen LogP contribution in [0.4, 0.5) is 13.2 Å². The van der Waals surface area contributed by atoms with Gasteiger partial charge in [-0.15, -0.1) is 0 Å². The molecule has 0 radical (unpaired) electrons. The van der Waals surface area contributed by atoms with Gasteiger partial charge in [-0.3, -0.25) is 4.79 Å². The Hall–Kier alpha value is -3.55. The molecule has 14 heteroatoms. The van der Waals surface area contributed by atoms with Gasteiger partial charge in [0, 0.05) is 26.0 Å². The van der Waals surface area contributed by atoms with E-state index >= 15 is 0 Å². The van der Waals surface area contributed by atoms with Crippen molar-refractivity contribution >= 4 is 32.6 Å². The number of hydrogen-bond acceptors (Lipinski definition) is 7. The lowest BCUT2D eigenvalue weighted by Gasteiger charge is -2.08. The van der Waals surface area contributed by atoms with Crippen LogP contribution in [0, 0.1) is 5.92 Å². The van der Waals surface area contributed by atoms with Gasteiger partial charge in [-0.2, -0.15) is 18.3 Å². The van der Waals surface area contributed by atoms with E-state index < -0.39 is 27.5 Å². The van der Waals surface area contributed by atoms with Crippen molar-refractivity contribution in [3.63, 3.8) is 0 Å². The van der Waals surface area contributed by atoms with Crippen LogP contribution in [0.2, 0.25) is 0 Å². The van der Waals surface area contributed by atoms with E-state index in [9.17, 15) is 26.4 Å². The summed E-state index contributed by atoms with van der Waals surface area (Å²) in [6.07, 6.45) is -2.61. The summed E-state index contributed by atoms with van der Waals surface area (Å²) in [7, 11) is -2.45. The second-order valence-electron chi connectivity index (χ2n) is 8.31. The van der Waals surface area contributed by atoms with Crippen molar-refractivity contribution in [2.75, 3.05) is 12.3 Å². The Morgan fingerprint density at radius 3 is 2.54 bits per heavy atom. The largest absolute Gasteiger partial charge is 0.417 e. The number of imidazole rings is 1. The predicted molar refractivity (Wildman–Crippen MR) is 120 cm³/mol. The average molecular weight is 510 g/mol. The summed E-state index contributed by atoms with van der Waals surface area (Å²) in [5.41, 5.74) is -0.924. The predicted octanol–water partition coefficient (Wildman–Crippen LogP) is 2.88. The fraction of sp³-hybridized carbons (Fsp3) is 0.381. The maximum absolute atomic E-state index is 13.2. The summed E-state index contributed by atoms with van der Waals surface area (Å²) < 4.78 is 68.0. The Bertz CT molecular complexity index is 1560. The lowest BCUT2D eigenvalue weighted by atomic mass is 10.2. The van der Waals surface area contributed by atoms with Crippen LogP contribution in [-0.2, 0) is 23.1 Å². The van der Waals surface area contributed by atoms with Crippen LogP contribution in [0.3, 0.4) is 0 Å². The zero-order valence-electron chi connectivity index (χ0n) is 19.3. The van der Waals surface area contributed by atoms with E-state index in [1.54, 1.807) is 0 Å². The number of sulfone groups is 1. The number of halogens is 3. The first-order valence-corrected chi connectivity index (χ1v) is 12.3. The molecule has 4 aromatic rings. The first-order chi connectivity index (χ1) is 16.3. The number of amides is 1. The van der Waals surface area contributed by atoms with E-state index in [4.69, 9.17) is 0 Å². The summed E-state index contributed by atoms with van der Waals surface area (Å²) in [5.74, 6) is -0.614. The van der Waals surface area contributed by atoms with Crippen molar-refractivity contribution in [3.8, 4) is 11.4 Å². The smallest absolute Gasteiger partial charge is 0.350 e. The number of carbonyl (C=O) groups excluding carboxylic acids is 1. The fourth-order valence-electron chi connectivity index (χ4n) is 3.49. The molecular formula is C21H22F3N7O3S. The zero-order valence-corrected chi connectivity index (χ0v) is 20.1. The number of pyridine rings is 1. The third-order valence-corrected chi connectivity index (χ3v) is 6.96. The van der Waals surface area contributed by atoms with Crippen molar-refractivity contribution < 1.29 is 26.4 Å². The molecule has 0 aliphatic rings. The first-order valence-electron chi connectivity index (χ1n) is 10.6. The van der Waals surface area contributed by atoms with Crippen molar-refractivity contribution in [1.82, 2.24) is 34.4 Å². The Labute approximate surface area is 198 Å². The van der Waals surface area contributed by atoms with E-state index in [0.29, 0.717) is 12.7 Å². The number of fused-ring (bicyclic) bond motifs is 2. The highest BCUT2D eigenvalue weighted by Gasteiger charge is 2.33. The minimum absolute atomic E-state index is 0.00101. The molecule has 4 heterocycles. The van der Waals surface area contributed by atoms with Crippen molar-refractivity contribution in [2.24, 2.45) is 13.0 Å². The summed E-state index contributed by atoms with van der Waals surface area (Å²) in [4.78, 5) is 25.2. The van der Waals surface area contributed by atoms with Crippen LogP contribution in [0.15, 0.2) is 29.6 Å². The van der Waals surface area contributed by atoms with E-state index in [1.807, 2.05) is 13.8 Å². The number of hydrogen-bond donors (Lipinski definition) is 1. The highest BCUT2D eigenvalue weighted by molar-refractivity contribution is 7.91. The van der Waals surface area contributed by atoms with Gasteiger partial charge in [0.1, 0.15) is 22.6 Å². The minimum Gasteiger partial charge on any atom is -0.350 e. The molecule has 0 atom stereocenters. The Balaban J connectivity index is 2.00. The molecule has 186 valence electrons. The number of rotatable bonds is 6. The molecule has 4 rings (SSSR count). The number of carbonyl (C=O) groups is 1. The molecule has 4 aromatic heterocycles. The van der Waals surface area contributed by atoms with Crippen molar-refractivity contribution in [3.05, 3.63) is 35.8 Å². The second kappa shape index (κ2) is 8.59. The van der Waals surface area contributed by atoms with Crippen LogP contribution in [-0.4, -0.2) is 55.8 Å². The molecule has 1 N–H and O–H groups in total. The van der Waals surface area contributed by atoms with Gasteiger partial charge in [-0.25, -0.2) is 27.9 Å². The highest BCUT2D eigenvalue weighted by Crippen LogP contribution is 2.34. The van der Waals surface area contributed by atoms with Crippen molar-refractivity contribution in [1.29, 1.82) is 0 Å². The van der Waals surface area contributed by atoms with Crippen LogP contribution < -0.4 is 5.32 Å². The van der Waals surface area contributed by atoms with Gasteiger partial charge in [0.15, 0.2) is 26.2 Å². The lowest BCUT2D eigenvalue weighted by molar-refractivity contribution is -0.137. The number of alkyl halides is 3. The monoisotopic (exact) mass is 509 g/mol. The topological polar surface area (TPSA) is 124 Å². The Morgan fingerprint density at radius 1 is 1.20 bits per heavy atom. The Kier molecular flexibility index (Phi) is 6.03. The van der Waals surface area contributed by atoms with Gasteiger partial charge in [0.2, 0.25) is 0 Å². The molecule has 0 aromatic carbocycles. The molecule has 0 spiro atoms. The average Bonchev–Trinajstić information content (AvgIpc) is 3.34. The molecule has 35 heavy (non-hydrogen) atoms. The third kappa shape index (κ3) is 4.33. The summed E-state index contributed by atoms with van der Waals surface area (Å²) in [5, 5.41) is 6.57. The highest BCUT2D eigenvalue weighted by atomic mass is 32.2. The van der Waals surface area contributed by atoms with E-state index in [2.05, 4.69) is 25.4 Å². The van der Waals surface area contributed by atoms with Crippen LogP contribution in [0.5, 0.6) is 0 Å². The van der Waals surface area contributed by atoms with E-state index in [-0.39, 0.29) is 50.6 Å². The second-order valence-corrected chi connectivity index (χ2v) is 10.5. The van der Waals surface area contributed by atoms with E-state index in [1.165, 1.54) is 30.8 Å². The number of aryl methyl sites for hydroxylation is 1. The van der Waals surface area contributed by atoms with Gasteiger partial charge in [0.05, 0.1) is 11.3 Å². The Morgan fingerprint density at radius 2 is 1.91 bits per heavy atom. The molecule has 0 saturated carbocycles. The summed E-state index contributed by atoms with van der Waals surface area (Å²) >= 11 is 0. The fourth-order valence-corrected chi connectivity index (χ4v) is 4.46. The van der Waals surface area contributed by atoms with Crippen LogP contribution in [0.25, 0.3) is 28.2 Å². The molecule has 0 unspecified atom stereocenters. The SMILES string of the molecule is CCS(=O)(=O)c1nn2c(C(=O)NCC(C)C)ccnc2c1-c1nc2cc(C(F)(F)F)cnc2n1C. The maximum atomic E-state index is 13.2. The van der Waals surface area contributed by atoms with Gasteiger partial charge in [-0.1, -0.05) is 20.8 Å². The van der Waals surface area contributed by atoms with Gasteiger partial charge < -0.3 is 9.88 Å². The molecule has 1 amide bonds. The molecular weight excluding hydrogens is 487 g/mol. The number of nitrogens with one attached hydrogen (secondary N) is 1. The summed E-state index contributed by atoms with van der Waals surface area (Å²) in [6.45, 7) is 5.66. The molecule has 0 bridgehead atoms. The molecule has 0 aliphatic carbocycles. The molecule has 10 nitrogen and oxygen atoms in total. The lowest BCUT2D eigenvalue weighted by Crippen LogP contribution is -2.29. The third-order valence-electron chi connectivity index (χ3n) is 5.32. The number of nitrogens with zero attached hydrogens (tertiary/aromatic N) is 6. The summed E-state index contributed by atoms with van der Waals surface area (Å²) in [6, 6.07) is 2.23. The van der Waals surface area contributed by atoms with Crippen molar-refractivity contribution in [2.45, 2.75) is 32.0 Å². The molecule has 0 fully saturated rings. The molecule has 0 aliphatic heterocycles. The van der Waals surface area contributed by atoms with Gasteiger partial charge >= 0.3 is 6.18 Å². The van der Waals surface area contributed by atoms with Crippen LogP contribution in [0.1, 0.15) is 36.8 Å². The standard InChI is InChI=1S/C21H22F3N7O3S/c1-5-35(33,34)20-15(17-25-7-6-14(31(17)29-20)19(32)27-9-11(2)3)18-28-13-8-12(21(22,23)24)10-26-16(13)30(18)4/h6-8,10-11H,5,9H2,1-4H3,(H,27,32). The normalized spacial score (nSPS) is 12.7. The minimum atomic E-state index is -4.63. The van der Waals surface area contributed by atoms with E-state index in [0.717, 1.165) is 10.6 Å². The quantitative estimate of drug-likeness (QED) is 0.424. The van der Waals surface area contributed by atoms with Gasteiger partial charge in [0.25, 0.3) is 5.91 Å².